The molecule has 0 unspecified atom stereocenters. The molecule has 0 aromatic heterocycles. The van der Waals surface area contributed by atoms with Crippen molar-refractivity contribution in [2.45, 2.75) is 26.3 Å². The number of nitrogens with two attached hydrogens (primary N) is 1. The number of rotatable bonds is 6. The molecule has 6 nitrogen and oxygen atoms in total. The topological polar surface area (TPSA) is 99.2 Å². The number of aliphatic hydroxyl groups is 1. The summed E-state index contributed by atoms with van der Waals surface area (Å²) in [5.74, 6) is -0.174. The Morgan fingerprint density at radius 1 is 1.40 bits per heavy atom. The molecule has 1 aromatic rings. The van der Waals surface area contributed by atoms with E-state index >= 15 is 0 Å². The molecule has 0 aliphatic rings. The maximum absolute atomic E-state index is 12.5. The zero-order valence-electron chi connectivity index (χ0n) is 11.8. The third-order valence-electron chi connectivity index (χ3n) is 2.95. The van der Waals surface area contributed by atoms with E-state index in [1.165, 1.54) is 0 Å². The van der Waals surface area contributed by atoms with Crippen LogP contribution >= 0.6 is 0 Å². The van der Waals surface area contributed by atoms with Gasteiger partial charge in [-0.25, -0.2) is 0 Å². The van der Waals surface area contributed by atoms with Crippen molar-refractivity contribution < 1.29 is 15.1 Å². The van der Waals surface area contributed by atoms with Crippen molar-refractivity contribution in [3.8, 4) is 0 Å². The molecule has 1 aromatic carbocycles. The monoisotopic (exact) mass is 279 g/mol. The second kappa shape index (κ2) is 7.49. The van der Waals surface area contributed by atoms with Gasteiger partial charge in [-0.05, 0) is 32.4 Å². The summed E-state index contributed by atoms with van der Waals surface area (Å²) in [7, 11) is 0. The number of oxime groups is 1. The van der Waals surface area contributed by atoms with Crippen LogP contribution in [0.5, 0.6) is 0 Å². The van der Waals surface area contributed by atoms with Gasteiger partial charge >= 0.3 is 0 Å². The second-order valence-corrected chi connectivity index (χ2v) is 4.74. The molecule has 0 spiro atoms. The van der Waals surface area contributed by atoms with Gasteiger partial charge < -0.3 is 20.9 Å². The van der Waals surface area contributed by atoms with Gasteiger partial charge in [0.05, 0.1) is 0 Å². The van der Waals surface area contributed by atoms with Crippen LogP contribution in [0.15, 0.2) is 29.4 Å². The first-order valence-electron chi connectivity index (χ1n) is 6.51. The van der Waals surface area contributed by atoms with Crippen LogP contribution in [0.3, 0.4) is 0 Å². The number of amides is 1. The van der Waals surface area contributed by atoms with E-state index in [1.54, 1.807) is 29.2 Å². The molecule has 0 heterocycles. The Labute approximate surface area is 118 Å². The van der Waals surface area contributed by atoms with Crippen LogP contribution in [0.2, 0.25) is 0 Å². The molecule has 4 N–H and O–H groups in total. The molecule has 0 aliphatic heterocycles. The van der Waals surface area contributed by atoms with Crippen LogP contribution in [0, 0.1) is 0 Å². The highest BCUT2D eigenvalue weighted by atomic mass is 16.4. The summed E-state index contributed by atoms with van der Waals surface area (Å²) >= 11 is 0. The molecule has 6 heteroatoms. The number of nitrogens with zero attached hydrogens (tertiary/aromatic N) is 2. The van der Waals surface area contributed by atoms with E-state index in [0.29, 0.717) is 24.1 Å². The molecule has 0 saturated carbocycles. The summed E-state index contributed by atoms with van der Waals surface area (Å²) in [6, 6.07) is 6.66. The van der Waals surface area contributed by atoms with E-state index in [0.717, 1.165) is 0 Å². The fraction of sp³-hybridized carbons (Fsp3) is 0.429. The van der Waals surface area contributed by atoms with Gasteiger partial charge in [-0.2, -0.15) is 0 Å². The zero-order valence-corrected chi connectivity index (χ0v) is 11.8. The number of hydrogen-bond acceptors (Lipinski definition) is 4. The highest BCUT2D eigenvalue weighted by Gasteiger charge is 2.18. The van der Waals surface area contributed by atoms with E-state index in [4.69, 9.17) is 16.0 Å². The van der Waals surface area contributed by atoms with Gasteiger partial charge in [0, 0.05) is 30.3 Å². The van der Waals surface area contributed by atoms with Gasteiger partial charge in [0.15, 0.2) is 5.84 Å². The Bertz CT molecular complexity index is 486. The van der Waals surface area contributed by atoms with Crippen molar-refractivity contribution in [1.29, 1.82) is 0 Å². The molecule has 0 fully saturated rings. The highest BCUT2D eigenvalue weighted by Crippen LogP contribution is 2.11. The predicted molar refractivity (Wildman–Crippen MR) is 76.8 cm³/mol. The molecular formula is C14H21N3O3. The van der Waals surface area contributed by atoms with Crippen molar-refractivity contribution in [2.75, 3.05) is 13.2 Å². The molecule has 0 radical (unpaired) electrons. The summed E-state index contributed by atoms with van der Waals surface area (Å²) in [5.41, 5.74) is 6.48. The Balaban J connectivity index is 3.00. The standard InChI is InChI=1S/C14H21N3O3/c1-10(2)17(7-4-8-18)14(19)12-6-3-5-11(9-12)13(15)16-20/h3,5-6,9-10,18,20H,4,7-8H2,1-2H3,(H2,15,16). The van der Waals surface area contributed by atoms with Gasteiger partial charge in [-0.3, -0.25) is 4.79 Å². The molecule has 20 heavy (non-hydrogen) atoms. The quantitative estimate of drug-likeness (QED) is 0.313. The Kier molecular flexibility index (Phi) is 5.99. The van der Waals surface area contributed by atoms with Crippen LogP contribution < -0.4 is 5.73 Å². The second-order valence-electron chi connectivity index (χ2n) is 4.74. The van der Waals surface area contributed by atoms with E-state index < -0.39 is 0 Å². The van der Waals surface area contributed by atoms with Crippen molar-refractivity contribution in [2.24, 2.45) is 10.9 Å². The SMILES string of the molecule is CC(C)N(CCCO)C(=O)c1cccc(C(N)=NO)c1. The molecular weight excluding hydrogens is 258 g/mol. The summed E-state index contributed by atoms with van der Waals surface area (Å²) in [6.07, 6.45) is 0.532. The Morgan fingerprint density at radius 3 is 2.60 bits per heavy atom. The first kappa shape index (κ1) is 16.0. The summed E-state index contributed by atoms with van der Waals surface area (Å²) in [4.78, 5) is 14.1. The molecule has 0 aliphatic carbocycles. The zero-order chi connectivity index (χ0) is 15.1. The Hall–Kier alpha value is -2.08. The van der Waals surface area contributed by atoms with Crippen molar-refractivity contribution in [3.63, 3.8) is 0 Å². The lowest BCUT2D eigenvalue weighted by Crippen LogP contribution is -2.38. The van der Waals surface area contributed by atoms with Gasteiger partial charge in [0.25, 0.3) is 5.91 Å². The largest absolute Gasteiger partial charge is 0.409 e. The van der Waals surface area contributed by atoms with Crippen LogP contribution in [0.1, 0.15) is 36.2 Å². The van der Waals surface area contributed by atoms with Gasteiger partial charge in [-0.1, -0.05) is 17.3 Å². The lowest BCUT2D eigenvalue weighted by molar-refractivity contribution is 0.0693. The number of carbonyl (C=O) groups is 1. The number of aliphatic hydroxyl groups excluding tert-OH is 1. The molecule has 0 saturated heterocycles. The van der Waals surface area contributed by atoms with Crippen molar-refractivity contribution >= 4 is 11.7 Å². The van der Waals surface area contributed by atoms with E-state index in [2.05, 4.69) is 5.16 Å². The highest BCUT2D eigenvalue weighted by molar-refractivity contribution is 6.01. The maximum atomic E-state index is 12.5. The smallest absolute Gasteiger partial charge is 0.254 e. The van der Waals surface area contributed by atoms with Crippen LogP contribution in [-0.2, 0) is 0 Å². The summed E-state index contributed by atoms with van der Waals surface area (Å²) in [6.45, 7) is 4.37. The molecule has 1 rings (SSSR count). The van der Waals surface area contributed by atoms with Crippen LogP contribution in [0.4, 0.5) is 0 Å². The van der Waals surface area contributed by atoms with Crippen LogP contribution in [-0.4, -0.2) is 46.1 Å². The minimum Gasteiger partial charge on any atom is -0.409 e. The minimum atomic E-state index is -0.138. The molecule has 0 atom stereocenters. The first-order chi connectivity index (χ1) is 9.51. The summed E-state index contributed by atoms with van der Waals surface area (Å²) in [5, 5.41) is 20.5. The normalized spacial score (nSPS) is 11.7. The molecule has 0 bridgehead atoms. The number of carbonyl (C=O) groups excluding carboxylic acids is 1. The lowest BCUT2D eigenvalue weighted by Gasteiger charge is -2.26. The number of hydrogen-bond donors (Lipinski definition) is 3. The third kappa shape index (κ3) is 3.96. The predicted octanol–water partition coefficient (Wildman–Crippen LogP) is 1.01. The number of amidine groups is 1. The fourth-order valence-electron chi connectivity index (χ4n) is 1.87. The maximum Gasteiger partial charge on any atom is 0.254 e. The number of benzene rings is 1. The van der Waals surface area contributed by atoms with E-state index in [-0.39, 0.29) is 24.4 Å². The van der Waals surface area contributed by atoms with Gasteiger partial charge in [0.2, 0.25) is 0 Å². The average Bonchev–Trinajstić information content (AvgIpc) is 2.46. The molecule has 110 valence electrons. The molecule has 1 amide bonds. The summed E-state index contributed by atoms with van der Waals surface area (Å²) < 4.78 is 0. The van der Waals surface area contributed by atoms with Crippen LogP contribution in [0.25, 0.3) is 0 Å². The van der Waals surface area contributed by atoms with Crippen molar-refractivity contribution in [1.82, 2.24) is 4.90 Å². The van der Waals surface area contributed by atoms with E-state index in [1.807, 2.05) is 13.8 Å². The van der Waals surface area contributed by atoms with E-state index in [9.17, 15) is 4.79 Å². The van der Waals surface area contributed by atoms with Gasteiger partial charge in [0.1, 0.15) is 0 Å². The third-order valence-corrected chi connectivity index (χ3v) is 2.95. The minimum absolute atomic E-state index is 0.0292. The average molecular weight is 279 g/mol. The lowest BCUT2D eigenvalue weighted by atomic mass is 10.1. The first-order valence-corrected chi connectivity index (χ1v) is 6.51. The van der Waals surface area contributed by atoms with Crippen molar-refractivity contribution in [3.05, 3.63) is 35.4 Å². The fourth-order valence-corrected chi connectivity index (χ4v) is 1.87. The Morgan fingerprint density at radius 2 is 2.05 bits per heavy atom. The van der Waals surface area contributed by atoms with Gasteiger partial charge in [-0.15, -0.1) is 0 Å².